The van der Waals surface area contributed by atoms with E-state index in [1.54, 1.807) is 19.2 Å². The van der Waals surface area contributed by atoms with Crippen LogP contribution in [0.3, 0.4) is 0 Å². The first-order valence-corrected chi connectivity index (χ1v) is 11.1. The van der Waals surface area contributed by atoms with Crippen molar-refractivity contribution >= 4 is 29.3 Å². The number of nitrogens with one attached hydrogen (secondary N) is 2. The molecular weight excluding hydrogens is 444 g/mol. The van der Waals surface area contributed by atoms with Crippen LogP contribution in [0.15, 0.2) is 59.8 Å². The third kappa shape index (κ3) is 5.23. The summed E-state index contributed by atoms with van der Waals surface area (Å²) in [7, 11) is 2.93. The molecule has 0 aromatic heterocycles. The van der Waals surface area contributed by atoms with Gasteiger partial charge in [0.2, 0.25) is 0 Å². The highest BCUT2D eigenvalue weighted by Crippen LogP contribution is 2.29. The van der Waals surface area contributed by atoms with Crippen LogP contribution in [-0.4, -0.2) is 63.8 Å². The number of piperazine rings is 1. The molecule has 2 heterocycles. The molecule has 0 saturated carbocycles. The molecule has 0 bridgehead atoms. The number of urea groups is 1. The van der Waals surface area contributed by atoms with Gasteiger partial charge in [0.1, 0.15) is 5.75 Å². The van der Waals surface area contributed by atoms with Crippen LogP contribution in [0.2, 0.25) is 5.02 Å². The van der Waals surface area contributed by atoms with Gasteiger partial charge in [-0.1, -0.05) is 29.8 Å². The minimum atomic E-state index is -0.611. The van der Waals surface area contributed by atoms with Gasteiger partial charge in [-0.3, -0.25) is 4.90 Å². The number of methoxy groups -OCH3 is 2. The van der Waals surface area contributed by atoms with Crippen molar-refractivity contribution in [2.24, 2.45) is 0 Å². The average molecular weight is 471 g/mol. The van der Waals surface area contributed by atoms with E-state index in [0.29, 0.717) is 28.6 Å². The van der Waals surface area contributed by atoms with Crippen LogP contribution < -0.4 is 20.3 Å². The van der Waals surface area contributed by atoms with Crippen molar-refractivity contribution < 1.29 is 19.1 Å². The molecule has 0 aliphatic carbocycles. The molecule has 1 unspecified atom stereocenters. The molecular formula is C24H27ClN4O4. The van der Waals surface area contributed by atoms with Gasteiger partial charge < -0.3 is 25.0 Å². The Morgan fingerprint density at radius 2 is 1.82 bits per heavy atom. The molecule has 33 heavy (non-hydrogen) atoms. The minimum Gasteiger partial charge on any atom is -0.497 e. The molecule has 0 spiro atoms. The highest BCUT2D eigenvalue weighted by molar-refractivity contribution is 6.30. The summed E-state index contributed by atoms with van der Waals surface area (Å²) in [6.45, 7) is 3.63. The van der Waals surface area contributed by atoms with E-state index in [1.807, 2.05) is 36.4 Å². The second-order valence-corrected chi connectivity index (χ2v) is 8.37. The maximum Gasteiger partial charge on any atom is 0.338 e. The third-order valence-corrected chi connectivity index (χ3v) is 6.17. The largest absolute Gasteiger partial charge is 0.497 e. The van der Waals surface area contributed by atoms with Gasteiger partial charge in [0.05, 0.1) is 25.8 Å². The van der Waals surface area contributed by atoms with Crippen molar-refractivity contribution in [1.82, 2.24) is 15.5 Å². The van der Waals surface area contributed by atoms with E-state index in [9.17, 15) is 9.59 Å². The monoisotopic (exact) mass is 470 g/mol. The van der Waals surface area contributed by atoms with Gasteiger partial charge in [-0.15, -0.1) is 0 Å². The Bertz CT molecular complexity index is 1050. The normalized spacial score (nSPS) is 19.1. The van der Waals surface area contributed by atoms with Crippen molar-refractivity contribution in [3.05, 3.63) is 70.4 Å². The number of carbonyl (C=O) groups excluding carboxylic acids is 2. The molecule has 2 N–H and O–H groups in total. The van der Waals surface area contributed by atoms with Crippen LogP contribution in [0.4, 0.5) is 10.5 Å². The smallest absolute Gasteiger partial charge is 0.338 e. The molecule has 2 aliphatic rings. The molecule has 174 valence electrons. The number of hydrogen-bond acceptors (Lipinski definition) is 6. The molecule has 2 aromatic carbocycles. The zero-order valence-corrected chi connectivity index (χ0v) is 19.4. The molecule has 8 nitrogen and oxygen atoms in total. The lowest BCUT2D eigenvalue weighted by Crippen LogP contribution is -2.51. The van der Waals surface area contributed by atoms with Gasteiger partial charge in [-0.05, 0) is 35.9 Å². The summed E-state index contributed by atoms with van der Waals surface area (Å²) in [5, 5.41) is 6.39. The third-order valence-electron chi connectivity index (χ3n) is 5.94. The number of benzene rings is 2. The van der Waals surface area contributed by atoms with Crippen molar-refractivity contribution in [1.29, 1.82) is 0 Å². The summed E-state index contributed by atoms with van der Waals surface area (Å²) in [5.41, 5.74) is 2.82. The number of ether oxygens (including phenoxy) is 2. The highest BCUT2D eigenvalue weighted by Gasteiger charge is 2.34. The van der Waals surface area contributed by atoms with E-state index in [-0.39, 0.29) is 6.03 Å². The van der Waals surface area contributed by atoms with Gasteiger partial charge in [0, 0.05) is 49.1 Å². The second-order valence-electron chi connectivity index (χ2n) is 7.93. The summed E-state index contributed by atoms with van der Waals surface area (Å²) in [6, 6.07) is 14.1. The number of hydrogen-bond donors (Lipinski definition) is 2. The van der Waals surface area contributed by atoms with Gasteiger partial charge in [-0.25, -0.2) is 9.59 Å². The average Bonchev–Trinajstić information content (AvgIpc) is 2.84. The first-order chi connectivity index (χ1) is 16.0. The van der Waals surface area contributed by atoms with Crippen LogP contribution in [0.1, 0.15) is 11.6 Å². The molecule has 1 fully saturated rings. The number of esters is 1. The fourth-order valence-electron chi connectivity index (χ4n) is 4.20. The number of nitrogens with zero attached hydrogens (tertiary/aromatic N) is 2. The van der Waals surface area contributed by atoms with E-state index in [0.717, 1.165) is 37.4 Å². The summed E-state index contributed by atoms with van der Waals surface area (Å²) < 4.78 is 10.3. The molecule has 0 radical (unpaired) electrons. The van der Waals surface area contributed by atoms with Crippen molar-refractivity contribution in [2.45, 2.75) is 6.04 Å². The summed E-state index contributed by atoms with van der Waals surface area (Å²) >= 11 is 6.14. The minimum absolute atomic E-state index is 0.351. The standard InChI is InChI=1S/C24H27ClN4O4/c1-32-19-8-6-16(7-9-19)22-21(23(30)33-2)20(26-24(31)27-22)15-28-10-12-29(13-11-28)18-5-3-4-17(25)14-18/h3-9,14,22H,10-13,15H2,1-2H3,(H2,26,27,31). The summed E-state index contributed by atoms with van der Waals surface area (Å²) in [4.78, 5) is 29.7. The molecule has 2 aliphatic heterocycles. The van der Waals surface area contributed by atoms with E-state index in [4.69, 9.17) is 21.1 Å². The zero-order chi connectivity index (χ0) is 23.4. The lowest BCUT2D eigenvalue weighted by Gasteiger charge is -2.38. The number of rotatable bonds is 6. The molecule has 2 aromatic rings. The second kappa shape index (κ2) is 10.1. The molecule has 2 amide bonds. The summed E-state index contributed by atoms with van der Waals surface area (Å²) in [5.74, 6) is 0.219. The van der Waals surface area contributed by atoms with E-state index < -0.39 is 12.0 Å². The van der Waals surface area contributed by atoms with Crippen molar-refractivity contribution in [3.63, 3.8) is 0 Å². The SMILES string of the molecule is COC(=O)C1=C(CN2CCN(c3cccc(Cl)c3)CC2)NC(=O)NC1c1ccc(OC)cc1. The first kappa shape index (κ1) is 22.9. The Hall–Kier alpha value is -3.23. The number of halogens is 1. The van der Waals surface area contributed by atoms with E-state index in [2.05, 4.69) is 20.4 Å². The number of amides is 2. The fourth-order valence-corrected chi connectivity index (χ4v) is 4.39. The van der Waals surface area contributed by atoms with Crippen LogP contribution in [0, 0.1) is 0 Å². The maximum atomic E-state index is 12.8. The van der Waals surface area contributed by atoms with Crippen molar-refractivity contribution in [2.75, 3.05) is 51.8 Å². The lowest BCUT2D eigenvalue weighted by atomic mass is 9.95. The van der Waals surface area contributed by atoms with Gasteiger partial charge in [-0.2, -0.15) is 0 Å². The lowest BCUT2D eigenvalue weighted by molar-refractivity contribution is -0.136. The number of carbonyl (C=O) groups is 2. The zero-order valence-electron chi connectivity index (χ0n) is 18.6. The predicted molar refractivity (Wildman–Crippen MR) is 127 cm³/mol. The molecule has 1 atom stereocenters. The van der Waals surface area contributed by atoms with Crippen LogP contribution in [0.25, 0.3) is 0 Å². The van der Waals surface area contributed by atoms with Crippen LogP contribution >= 0.6 is 11.6 Å². The highest BCUT2D eigenvalue weighted by atomic mass is 35.5. The Labute approximate surface area is 198 Å². The molecule has 1 saturated heterocycles. The Morgan fingerprint density at radius 3 is 2.45 bits per heavy atom. The van der Waals surface area contributed by atoms with E-state index >= 15 is 0 Å². The van der Waals surface area contributed by atoms with Crippen molar-refractivity contribution in [3.8, 4) is 5.75 Å². The molecule has 9 heteroatoms. The Kier molecular flexibility index (Phi) is 7.05. The predicted octanol–water partition coefficient (Wildman–Crippen LogP) is 2.95. The first-order valence-electron chi connectivity index (χ1n) is 10.7. The van der Waals surface area contributed by atoms with E-state index in [1.165, 1.54) is 7.11 Å². The quantitative estimate of drug-likeness (QED) is 0.632. The molecule has 4 rings (SSSR count). The Balaban J connectivity index is 1.54. The van der Waals surface area contributed by atoms with Crippen LogP contribution in [0.5, 0.6) is 5.75 Å². The summed E-state index contributed by atoms with van der Waals surface area (Å²) in [6.07, 6.45) is 0. The topological polar surface area (TPSA) is 83.1 Å². The van der Waals surface area contributed by atoms with Gasteiger partial charge >= 0.3 is 12.0 Å². The van der Waals surface area contributed by atoms with Crippen LogP contribution in [-0.2, 0) is 9.53 Å². The Morgan fingerprint density at radius 1 is 1.09 bits per heavy atom. The number of anilines is 1. The van der Waals surface area contributed by atoms with Gasteiger partial charge in [0.15, 0.2) is 0 Å². The fraction of sp³-hybridized carbons (Fsp3) is 0.333. The maximum absolute atomic E-state index is 12.8. The van der Waals surface area contributed by atoms with Gasteiger partial charge in [0.25, 0.3) is 0 Å².